The molecule has 0 spiro atoms. The molecule has 3 aromatic rings. The van der Waals surface area contributed by atoms with E-state index in [1.807, 2.05) is 13.8 Å². The maximum absolute atomic E-state index is 12.8. The van der Waals surface area contributed by atoms with Crippen molar-refractivity contribution in [1.29, 1.82) is 10.5 Å². The zero-order valence-corrected chi connectivity index (χ0v) is 21.2. The quantitative estimate of drug-likeness (QED) is 0.540. The molecule has 2 heterocycles. The Morgan fingerprint density at radius 3 is 2.25 bits per heavy atom. The number of aromatic nitrogens is 2. The molecule has 0 saturated heterocycles. The van der Waals surface area contributed by atoms with E-state index in [0.29, 0.717) is 46.2 Å². The van der Waals surface area contributed by atoms with Crippen LogP contribution in [0.15, 0.2) is 36.4 Å². The molecular formula is C25H25N7O3S. The molecule has 0 saturated carbocycles. The SMILES string of the molecule is Cc1cc(C#N)cc(C)c1Oc1nc(Nc2ccc(C#N)cc2)nc2c1CN(S(=O)(=O)N(C)C)CC2. The maximum Gasteiger partial charge on any atom is 0.281 e. The Kier molecular flexibility index (Phi) is 6.91. The van der Waals surface area contributed by atoms with E-state index in [0.717, 1.165) is 11.1 Å². The molecule has 1 aliphatic heterocycles. The van der Waals surface area contributed by atoms with Gasteiger partial charge in [0.15, 0.2) is 0 Å². The lowest BCUT2D eigenvalue weighted by Gasteiger charge is -2.30. The Labute approximate surface area is 210 Å². The van der Waals surface area contributed by atoms with E-state index >= 15 is 0 Å². The molecule has 1 N–H and O–H groups in total. The lowest BCUT2D eigenvalue weighted by atomic mass is 10.1. The Morgan fingerprint density at radius 1 is 1.03 bits per heavy atom. The summed E-state index contributed by atoms with van der Waals surface area (Å²) in [5.74, 6) is 1.08. The van der Waals surface area contributed by atoms with E-state index in [4.69, 9.17) is 10.00 Å². The number of nitriles is 2. The van der Waals surface area contributed by atoms with Crippen LogP contribution in [0.5, 0.6) is 11.6 Å². The van der Waals surface area contributed by atoms with E-state index in [-0.39, 0.29) is 19.0 Å². The molecule has 0 radical (unpaired) electrons. The number of hydrogen-bond acceptors (Lipinski definition) is 8. The molecule has 0 amide bonds. The van der Waals surface area contributed by atoms with Crippen molar-refractivity contribution < 1.29 is 13.2 Å². The summed E-state index contributed by atoms with van der Waals surface area (Å²) in [6.45, 7) is 4.02. The van der Waals surface area contributed by atoms with Crippen LogP contribution < -0.4 is 10.1 Å². The normalized spacial score (nSPS) is 13.5. The summed E-state index contributed by atoms with van der Waals surface area (Å²) >= 11 is 0. The Bertz CT molecular complexity index is 1480. The summed E-state index contributed by atoms with van der Waals surface area (Å²) < 4.78 is 34.5. The zero-order chi connectivity index (χ0) is 26.0. The van der Waals surface area contributed by atoms with Gasteiger partial charge in [0.05, 0.1) is 34.5 Å². The van der Waals surface area contributed by atoms with Crippen molar-refractivity contribution in [1.82, 2.24) is 18.6 Å². The van der Waals surface area contributed by atoms with E-state index in [1.54, 1.807) is 36.4 Å². The standard InChI is InChI=1S/C25H25N7O3S/c1-16-11-19(14-27)12-17(2)23(16)35-24-21-15-32(36(33,34)31(3)4)10-9-22(21)29-25(30-24)28-20-7-5-18(13-26)6-8-20/h5-8,11-12H,9-10,15H2,1-4H3,(H,28,29,30). The topological polar surface area (TPSA) is 135 Å². The number of ether oxygens (including phenoxy) is 1. The van der Waals surface area contributed by atoms with Gasteiger partial charge >= 0.3 is 0 Å². The molecule has 0 unspecified atom stereocenters. The second-order valence-corrected chi connectivity index (χ2v) is 10.8. The van der Waals surface area contributed by atoms with Gasteiger partial charge in [0.2, 0.25) is 11.8 Å². The van der Waals surface area contributed by atoms with E-state index in [9.17, 15) is 13.7 Å². The van der Waals surface area contributed by atoms with Crippen LogP contribution in [0.1, 0.15) is 33.5 Å². The van der Waals surface area contributed by atoms with Crippen molar-refractivity contribution in [3.63, 3.8) is 0 Å². The minimum atomic E-state index is -3.65. The minimum absolute atomic E-state index is 0.0662. The van der Waals surface area contributed by atoms with E-state index < -0.39 is 10.2 Å². The van der Waals surface area contributed by atoms with E-state index in [1.165, 1.54) is 22.7 Å². The molecule has 0 fully saturated rings. The highest BCUT2D eigenvalue weighted by Gasteiger charge is 2.32. The molecule has 1 aliphatic rings. The fourth-order valence-electron chi connectivity index (χ4n) is 3.96. The number of fused-ring (bicyclic) bond motifs is 1. The van der Waals surface area contributed by atoms with Crippen molar-refractivity contribution in [3.8, 4) is 23.8 Å². The minimum Gasteiger partial charge on any atom is -0.438 e. The number of benzene rings is 2. The number of hydrogen-bond donors (Lipinski definition) is 1. The first-order valence-electron chi connectivity index (χ1n) is 11.2. The monoisotopic (exact) mass is 503 g/mol. The molecule has 184 valence electrons. The molecule has 4 rings (SSSR count). The van der Waals surface area contributed by atoms with Crippen LogP contribution >= 0.6 is 0 Å². The third kappa shape index (κ3) is 4.99. The number of rotatable bonds is 6. The lowest BCUT2D eigenvalue weighted by molar-refractivity contribution is 0.345. The third-order valence-corrected chi connectivity index (χ3v) is 7.72. The van der Waals surface area contributed by atoms with Crippen molar-refractivity contribution in [2.75, 3.05) is 26.0 Å². The van der Waals surface area contributed by atoms with Gasteiger partial charge in [0.1, 0.15) is 5.75 Å². The van der Waals surface area contributed by atoms with Crippen molar-refractivity contribution >= 4 is 21.8 Å². The van der Waals surface area contributed by atoms with Gasteiger partial charge in [-0.25, -0.2) is 4.98 Å². The first-order valence-corrected chi connectivity index (χ1v) is 12.6. The van der Waals surface area contributed by atoms with Crippen LogP contribution in [0, 0.1) is 36.5 Å². The first-order chi connectivity index (χ1) is 17.1. The van der Waals surface area contributed by atoms with Gasteiger partial charge in [-0.1, -0.05) is 0 Å². The highest BCUT2D eigenvalue weighted by atomic mass is 32.2. The third-order valence-electron chi connectivity index (χ3n) is 5.83. The summed E-state index contributed by atoms with van der Waals surface area (Å²) in [5, 5.41) is 21.5. The lowest BCUT2D eigenvalue weighted by Crippen LogP contribution is -2.43. The summed E-state index contributed by atoms with van der Waals surface area (Å²) in [6.07, 6.45) is 0.384. The predicted octanol–water partition coefficient (Wildman–Crippen LogP) is 3.54. The Morgan fingerprint density at radius 2 is 1.67 bits per heavy atom. The van der Waals surface area contributed by atoms with Crippen LogP contribution in [0.4, 0.5) is 11.6 Å². The van der Waals surface area contributed by atoms with Gasteiger partial charge in [-0.3, -0.25) is 0 Å². The van der Waals surface area contributed by atoms with Gasteiger partial charge < -0.3 is 10.1 Å². The summed E-state index contributed by atoms with van der Waals surface area (Å²) in [6, 6.07) is 14.6. The molecule has 0 aliphatic carbocycles. The summed E-state index contributed by atoms with van der Waals surface area (Å²) in [5.41, 5.74) is 4.53. The Hall–Kier alpha value is -4.03. The summed E-state index contributed by atoms with van der Waals surface area (Å²) in [7, 11) is -0.660. The molecule has 11 heteroatoms. The van der Waals surface area contributed by atoms with Crippen molar-refractivity contribution in [3.05, 3.63) is 69.9 Å². The zero-order valence-electron chi connectivity index (χ0n) is 20.4. The average Bonchev–Trinajstić information content (AvgIpc) is 2.86. The number of nitrogens with zero attached hydrogens (tertiary/aromatic N) is 6. The van der Waals surface area contributed by atoms with Crippen molar-refractivity contribution in [2.24, 2.45) is 0 Å². The second kappa shape index (κ2) is 9.91. The van der Waals surface area contributed by atoms with Gasteiger partial charge in [0, 0.05) is 39.3 Å². The van der Waals surface area contributed by atoms with Crippen LogP contribution in [-0.4, -0.2) is 47.6 Å². The number of aryl methyl sites for hydroxylation is 2. The summed E-state index contributed by atoms with van der Waals surface area (Å²) in [4.78, 5) is 9.24. The largest absolute Gasteiger partial charge is 0.438 e. The van der Waals surface area contributed by atoms with Crippen LogP contribution in [0.2, 0.25) is 0 Å². The fourth-order valence-corrected chi connectivity index (χ4v) is 5.03. The van der Waals surface area contributed by atoms with Gasteiger partial charge in [-0.05, 0) is 61.4 Å². The molecule has 0 atom stereocenters. The number of anilines is 2. The molecule has 1 aromatic heterocycles. The second-order valence-electron chi connectivity index (χ2n) is 8.62. The molecular weight excluding hydrogens is 478 g/mol. The first kappa shape index (κ1) is 25.1. The van der Waals surface area contributed by atoms with Gasteiger partial charge in [-0.2, -0.15) is 32.5 Å². The van der Waals surface area contributed by atoms with Crippen LogP contribution in [-0.2, 0) is 23.2 Å². The molecule has 36 heavy (non-hydrogen) atoms. The fraction of sp³-hybridized carbons (Fsp3) is 0.280. The smallest absolute Gasteiger partial charge is 0.281 e. The molecule has 0 bridgehead atoms. The van der Waals surface area contributed by atoms with Crippen LogP contribution in [0.25, 0.3) is 0 Å². The van der Waals surface area contributed by atoms with E-state index in [2.05, 4.69) is 27.4 Å². The number of nitrogens with one attached hydrogen (secondary N) is 1. The Balaban J connectivity index is 1.77. The highest BCUT2D eigenvalue weighted by Crippen LogP contribution is 2.35. The average molecular weight is 504 g/mol. The van der Waals surface area contributed by atoms with Gasteiger partial charge in [0.25, 0.3) is 10.2 Å². The highest BCUT2D eigenvalue weighted by molar-refractivity contribution is 7.86. The molecule has 2 aromatic carbocycles. The van der Waals surface area contributed by atoms with Crippen molar-refractivity contribution in [2.45, 2.75) is 26.8 Å². The van der Waals surface area contributed by atoms with Gasteiger partial charge in [-0.15, -0.1) is 0 Å². The maximum atomic E-state index is 12.8. The van der Waals surface area contributed by atoms with Crippen LogP contribution in [0.3, 0.4) is 0 Å². The molecule has 10 nitrogen and oxygen atoms in total. The predicted molar refractivity (Wildman–Crippen MR) is 134 cm³/mol.